The second-order valence-corrected chi connectivity index (χ2v) is 6.13. The standard InChI is InChI=1S/C17H24N2O2/c1-21-16-11-18(15-8-5-9-15)13-17(20)19(12-16)10-14-6-3-2-4-7-14/h2-4,6-7,15-16H,5,8-13H2,1H3. The van der Waals surface area contributed by atoms with E-state index in [-0.39, 0.29) is 12.0 Å². The van der Waals surface area contributed by atoms with E-state index in [4.69, 9.17) is 4.74 Å². The summed E-state index contributed by atoms with van der Waals surface area (Å²) in [6, 6.07) is 10.8. The minimum atomic E-state index is 0.112. The van der Waals surface area contributed by atoms with Crippen LogP contribution >= 0.6 is 0 Å². The van der Waals surface area contributed by atoms with Gasteiger partial charge < -0.3 is 9.64 Å². The predicted octanol–water partition coefficient (Wildman–Crippen LogP) is 1.90. The van der Waals surface area contributed by atoms with Gasteiger partial charge in [0.2, 0.25) is 5.91 Å². The lowest BCUT2D eigenvalue weighted by Crippen LogP contribution is -2.45. The molecule has 1 heterocycles. The first-order valence-corrected chi connectivity index (χ1v) is 7.85. The van der Waals surface area contributed by atoms with Crippen LogP contribution in [0.2, 0.25) is 0 Å². The van der Waals surface area contributed by atoms with Gasteiger partial charge >= 0.3 is 0 Å². The third-order valence-corrected chi connectivity index (χ3v) is 4.69. The summed E-state index contributed by atoms with van der Waals surface area (Å²) in [5.41, 5.74) is 1.18. The molecule has 1 atom stereocenters. The maximum absolute atomic E-state index is 12.6. The summed E-state index contributed by atoms with van der Waals surface area (Å²) in [6.45, 7) is 2.78. The van der Waals surface area contributed by atoms with Gasteiger partial charge in [-0.25, -0.2) is 0 Å². The van der Waals surface area contributed by atoms with Gasteiger partial charge in [0.05, 0.1) is 12.6 Å². The summed E-state index contributed by atoms with van der Waals surface area (Å²) in [5, 5.41) is 0. The monoisotopic (exact) mass is 288 g/mol. The molecule has 4 heteroatoms. The Morgan fingerprint density at radius 1 is 1.19 bits per heavy atom. The van der Waals surface area contributed by atoms with Crippen molar-refractivity contribution >= 4 is 5.91 Å². The molecule has 1 saturated heterocycles. The number of hydrogen-bond acceptors (Lipinski definition) is 3. The minimum Gasteiger partial charge on any atom is -0.378 e. The van der Waals surface area contributed by atoms with Crippen LogP contribution in [0.5, 0.6) is 0 Å². The zero-order valence-corrected chi connectivity index (χ0v) is 12.7. The summed E-state index contributed by atoms with van der Waals surface area (Å²) >= 11 is 0. The van der Waals surface area contributed by atoms with Gasteiger partial charge in [-0.2, -0.15) is 0 Å². The number of hydrogen-bond donors (Lipinski definition) is 0. The Labute approximate surface area is 126 Å². The second-order valence-electron chi connectivity index (χ2n) is 6.13. The maximum atomic E-state index is 12.6. The highest BCUT2D eigenvalue weighted by atomic mass is 16.5. The molecule has 1 unspecified atom stereocenters. The molecule has 1 amide bonds. The molecule has 0 aromatic heterocycles. The Bertz CT molecular complexity index is 473. The van der Waals surface area contributed by atoms with Crippen LogP contribution in [-0.2, 0) is 16.1 Å². The van der Waals surface area contributed by atoms with E-state index in [0.717, 1.165) is 6.54 Å². The van der Waals surface area contributed by atoms with Crippen LogP contribution in [0.25, 0.3) is 0 Å². The van der Waals surface area contributed by atoms with Gasteiger partial charge in [0.15, 0.2) is 0 Å². The number of amides is 1. The molecule has 1 aliphatic heterocycles. The molecular weight excluding hydrogens is 264 g/mol. The first kappa shape index (κ1) is 14.5. The molecule has 2 aliphatic rings. The van der Waals surface area contributed by atoms with Crippen molar-refractivity contribution in [3.8, 4) is 0 Å². The topological polar surface area (TPSA) is 32.8 Å². The lowest BCUT2D eigenvalue weighted by molar-refractivity contribution is -0.132. The molecule has 0 radical (unpaired) electrons. The third-order valence-electron chi connectivity index (χ3n) is 4.69. The van der Waals surface area contributed by atoms with Crippen molar-refractivity contribution in [3.63, 3.8) is 0 Å². The summed E-state index contributed by atoms with van der Waals surface area (Å²) in [7, 11) is 1.75. The number of carbonyl (C=O) groups is 1. The molecule has 0 N–H and O–H groups in total. The molecule has 1 aromatic rings. The average molecular weight is 288 g/mol. The van der Waals surface area contributed by atoms with E-state index in [1.807, 2.05) is 23.1 Å². The smallest absolute Gasteiger partial charge is 0.237 e. The molecule has 1 aromatic carbocycles. The molecule has 21 heavy (non-hydrogen) atoms. The molecule has 3 rings (SSSR count). The van der Waals surface area contributed by atoms with Crippen LogP contribution in [0, 0.1) is 0 Å². The Balaban J connectivity index is 1.70. The number of benzene rings is 1. The molecular formula is C17H24N2O2. The van der Waals surface area contributed by atoms with E-state index in [2.05, 4.69) is 17.0 Å². The number of methoxy groups -OCH3 is 1. The number of rotatable bonds is 4. The van der Waals surface area contributed by atoms with Crippen LogP contribution in [0.4, 0.5) is 0 Å². The van der Waals surface area contributed by atoms with Crippen molar-refractivity contribution in [3.05, 3.63) is 35.9 Å². The van der Waals surface area contributed by atoms with Crippen molar-refractivity contribution in [2.24, 2.45) is 0 Å². The van der Waals surface area contributed by atoms with E-state index in [9.17, 15) is 4.79 Å². The van der Waals surface area contributed by atoms with Gasteiger partial charge in [-0.3, -0.25) is 9.69 Å². The summed E-state index contributed by atoms with van der Waals surface area (Å²) < 4.78 is 5.60. The van der Waals surface area contributed by atoms with Gasteiger partial charge in [-0.15, -0.1) is 0 Å². The Morgan fingerprint density at radius 3 is 2.57 bits per heavy atom. The van der Waals surface area contributed by atoms with Crippen LogP contribution < -0.4 is 0 Å². The van der Waals surface area contributed by atoms with Crippen molar-refractivity contribution in [2.75, 3.05) is 26.7 Å². The molecule has 0 spiro atoms. The molecule has 2 fully saturated rings. The van der Waals surface area contributed by atoms with E-state index in [1.165, 1.54) is 24.8 Å². The lowest BCUT2D eigenvalue weighted by atomic mass is 9.91. The molecule has 1 saturated carbocycles. The molecule has 114 valence electrons. The normalized spacial score (nSPS) is 24.7. The number of nitrogens with zero attached hydrogens (tertiary/aromatic N) is 2. The zero-order chi connectivity index (χ0) is 14.7. The minimum absolute atomic E-state index is 0.112. The van der Waals surface area contributed by atoms with Crippen molar-refractivity contribution in [2.45, 2.75) is 38.0 Å². The predicted molar refractivity (Wildman–Crippen MR) is 81.9 cm³/mol. The maximum Gasteiger partial charge on any atom is 0.237 e. The fourth-order valence-electron chi connectivity index (χ4n) is 3.14. The lowest BCUT2D eigenvalue weighted by Gasteiger charge is -2.37. The van der Waals surface area contributed by atoms with Gasteiger partial charge in [0, 0.05) is 32.8 Å². The van der Waals surface area contributed by atoms with E-state index in [1.54, 1.807) is 7.11 Å². The van der Waals surface area contributed by atoms with E-state index >= 15 is 0 Å². The van der Waals surface area contributed by atoms with Gasteiger partial charge in [0.1, 0.15) is 0 Å². The Hall–Kier alpha value is -1.39. The van der Waals surface area contributed by atoms with Gasteiger partial charge in [-0.05, 0) is 18.4 Å². The van der Waals surface area contributed by atoms with Crippen LogP contribution in [0.3, 0.4) is 0 Å². The van der Waals surface area contributed by atoms with Crippen LogP contribution in [-0.4, -0.2) is 54.6 Å². The van der Waals surface area contributed by atoms with Gasteiger partial charge in [-0.1, -0.05) is 36.8 Å². The SMILES string of the molecule is COC1CN(Cc2ccccc2)C(=O)CN(C2CCC2)C1. The summed E-state index contributed by atoms with van der Waals surface area (Å²) in [5.74, 6) is 0.227. The molecule has 1 aliphatic carbocycles. The molecule has 4 nitrogen and oxygen atoms in total. The van der Waals surface area contributed by atoms with Crippen LogP contribution in [0.15, 0.2) is 30.3 Å². The fourth-order valence-corrected chi connectivity index (χ4v) is 3.14. The quantitative estimate of drug-likeness (QED) is 0.848. The Kier molecular flexibility index (Phi) is 4.56. The van der Waals surface area contributed by atoms with Crippen molar-refractivity contribution < 1.29 is 9.53 Å². The largest absolute Gasteiger partial charge is 0.378 e. The highest BCUT2D eigenvalue weighted by molar-refractivity contribution is 5.78. The molecule has 0 bridgehead atoms. The second kappa shape index (κ2) is 6.58. The van der Waals surface area contributed by atoms with Crippen molar-refractivity contribution in [1.29, 1.82) is 0 Å². The van der Waals surface area contributed by atoms with E-state index < -0.39 is 0 Å². The van der Waals surface area contributed by atoms with Crippen molar-refractivity contribution in [1.82, 2.24) is 9.80 Å². The first-order valence-electron chi connectivity index (χ1n) is 7.85. The fraction of sp³-hybridized carbons (Fsp3) is 0.588. The zero-order valence-electron chi connectivity index (χ0n) is 12.7. The number of carbonyl (C=O) groups excluding carboxylic acids is 1. The summed E-state index contributed by atoms with van der Waals surface area (Å²) in [6.07, 6.45) is 3.85. The number of ether oxygens (including phenoxy) is 1. The van der Waals surface area contributed by atoms with Gasteiger partial charge in [0.25, 0.3) is 0 Å². The van der Waals surface area contributed by atoms with E-state index in [0.29, 0.717) is 25.7 Å². The summed E-state index contributed by atoms with van der Waals surface area (Å²) in [4.78, 5) is 16.8. The Morgan fingerprint density at radius 2 is 1.95 bits per heavy atom. The third kappa shape index (κ3) is 3.44. The highest BCUT2D eigenvalue weighted by Gasteiger charge is 2.33. The first-order chi connectivity index (χ1) is 10.3. The highest BCUT2D eigenvalue weighted by Crippen LogP contribution is 2.26. The average Bonchev–Trinajstić information content (AvgIpc) is 2.58. The van der Waals surface area contributed by atoms with Crippen LogP contribution in [0.1, 0.15) is 24.8 Å².